The molecule has 0 radical (unpaired) electrons. The summed E-state index contributed by atoms with van der Waals surface area (Å²) in [6.45, 7) is 4.85. The van der Waals surface area contributed by atoms with Crippen molar-refractivity contribution < 1.29 is 9.21 Å². The third kappa shape index (κ3) is 4.58. The average molecular weight is 444 g/mol. The highest BCUT2D eigenvalue weighted by Gasteiger charge is 2.16. The lowest BCUT2D eigenvalue weighted by Crippen LogP contribution is -2.12. The van der Waals surface area contributed by atoms with Crippen LogP contribution >= 0.6 is 23.2 Å². The van der Waals surface area contributed by atoms with Gasteiger partial charge in [0.05, 0.1) is 18.8 Å². The van der Waals surface area contributed by atoms with E-state index in [1.54, 1.807) is 23.0 Å². The molecule has 1 amide bonds. The summed E-state index contributed by atoms with van der Waals surface area (Å²) in [6.07, 6.45) is 1.65. The zero-order chi connectivity index (χ0) is 21.3. The van der Waals surface area contributed by atoms with Crippen LogP contribution in [0.15, 0.2) is 53.1 Å². The largest absolute Gasteiger partial charge is 0.454 e. The van der Waals surface area contributed by atoms with Crippen molar-refractivity contribution >= 4 is 34.9 Å². The molecule has 3 aromatic heterocycles. The van der Waals surface area contributed by atoms with E-state index in [9.17, 15) is 4.79 Å². The minimum Gasteiger partial charge on any atom is -0.454 e. The Hall–Kier alpha value is -3.03. The molecule has 0 aliphatic heterocycles. The van der Waals surface area contributed by atoms with E-state index >= 15 is 0 Å². The Bertz CT molecular complexity index is 1190. The van der Waals surface area contributed by atoms with Gasteiger partial charge in [0.2, 0.25) is 0 Å². The Balaban J connectivity index is 1.42. The molecule has 154 valence electrons. The van der Waals surface area contributed by atoms with Crippen molar-refractivity contribution in [3.63, 3.8) is 0 Å². The maximum Gasteiger partial charge on any atom is 0.292 e. The molecule has 0 saturated heterocycles. The number of amides is 1. The fourth-order valence-corrected chi connectivity index (χ4v) is 3.40. The molecule has 0 aliphatic carbocycles. The van der Waals surface area contributed by atoms with Gasteiger partial charge in [0.25, 0.3) is 5.91 Å². The topological polar surface area (TPSA) is 77.9 Å². The van der Waals surface area contributed by atoms with Crippen LogP contribution in [0.4, 0.5) is 5.82 Å². The number of aromatic nitrogens is 4. The molecule has 0 aliphatic rings. The highest BCUT2D eigenvalue weighted by atomic mass is 35.5. The normalized spacial score (nSPS) is 11.1. The number of furan rings is 1. The number of anilines is 1. The minimum atomic E-state index is -0.423. The maximum atomic E-state index is 12.6. The van der Waals surface area contributed by atoms with Gasteiger partial charge in [0.15, 0.2) is 11.6 Å². The molecule has 0 fully saturated rings. The molecular formula is C21H19Cl2N5O2. The zero-order valence-corrected chi connectivity index (χ0v) is 17.9. The van der Waals surface area contributed by atoms with Gasteiger partial charge in [-0.1, -0.05) is 35.3 Å². The summed E-state index contributed by atoms with van der Waals surface area (Å²) in [5.74, 6) is 0.654. The molecule has 1 N–H and O–H groups in total. The Morgan fingerprint density at radius 2 is 1.83 bits per heavy atom. The van der Waals surface area contributed by atoms with E-state index in [4.69, 9.17) is 27.6 Å². The molecule has 3 heterocycles. The molecule has 0 atom stereocenters. The van der Waals surface area contributed by atoms with Crippen molar-refractivity contribution in [3.05, 3.63) is 87.2 Å². The van der Waals surface area contributed by atoms with Crippen LogP contribution in [0.2, 0.25) is 10.0 Å². The number of hydrogen-bond acceptors (Lipinski definition) is 4. The smallest absolute Gasteiger partial charge is 0.292 e. The van der Waals surface area contributed by atoms with Gasteiger partial charge in [-0.3, -0.25) is 14.2 Å². The third-order valence-electron chi connectivity index (χ3n) is 4.50. The van der Waals surface area contributed by atoms with Crippen LogP contribution in [-0.4, -0.2) is 25.5 Å². The molecule has 30 heavy (non-hydrogen) atoms. The maximum absolute atomic E-state index is 12.6. The van der Waals surface area contributed by atoms with Crippen LogP contribution in [0.1, 0.15) is 33.3 Å². The Morgan fingerprint density at radius 1 is 1.07 bits per heavy atom. The molecule has 0 spiro atoms. The second-order valence-electron chi connectivity index (χ2n) is 6.95. The van der Waals surface area contributed by atoms with Crippen molar-refractivity contribution in [2.45, 2.75) is 26.9 Å². The van der Waals surface area contributed by atoms with Crippen LogP contribution in [0, 0.1) is 13.8 Å². The molecule has 4 aromatic rings. The molecule has 0 unspecified atom stereocenters. The second-order valence-corrected chi connectivity index (χ2v) is 7.80. The van der Waals surface area contributed by atoms with Gasteiger partial charge in [-0.25, -0.2) is 0 Å². The summed E-state index contributed by atoms with van der Waals surface area (Å²) >= 11 is 12.1. The number of carbonyl (C=O) groups is 1. The van der Waals surface area contributed by atoms with E-state index in [0.29, 0.717) is 28.9 Å². The fraction of sp³-hybridized carbons (Fsp3) is 0.190. The molecule has 7 nitrogen and oxygen atoms in total. The second kappa shape index (κ2) is 8.38. The van der Waals surface area contributed by atoms with Crippen LogP contribution < -0.4 is 5.32 Å². The lowest BCUT2D eigenvalue weighted by molar-refractivity contribution is 0.0994. The SMILES string of the molecule is Cc1cc(C)n(Cc2ccc(C(=O)Nc3nn(Cc4ccc(Cl)cc4)cc3Cl)o2)n1. The standard InChI is InChI=1S/C21H19Cl2N5O2/c1-13-9-14(2)28(25-13)11-17-7-8-19(30-17)21(29)24-20-18(23)12-27(26-20)10-15-3-5-16(22)6-4-15/h3-9,12H,10-11H2,1-2H3,(H,24,26,29). The van der Waals surface area contributed by atoms with Gasteiger partial charge in [-0.2, -0.15) is 10.2 Å². The summed E-state index contributed by atoms with van der Waals surface area (Å²) in [4.78, 5) is 12.6. The van der Waals surface area contributed by atoms with Gasteiger partial charge in [0, 0.05) is 16.9 Å². The van der Waals surface area contributed by atoms with Gasteiger partial charge in [-0.05, 0) is 49.7 Å². The number of hydrogen-bond donors (Lipinski definition) is 1. The predicted molar refractivity (Wildman–Crippen MR) is 115 cm³/mol. The molecule has 0 bridgehead atoms. The number of aryl methyl sites for hydroxylation is 2. The van der Waals surface area contributed by atoms with Gasteiger partial charge in [-0.15, -0.1) is 0 Å². The number of halogens is 2. The van der Waals surface area contributed by atoms with Crippen molar-refractivity contribution in [2.24, 2.45) is 0 Å². The van der Waals surface area contributed by atoms with Crippen LogP contribution in [0.3, 0.4) is 0 Å². The van der Waals surface area contributed by atoms with Crippen LogP contribution in [0.25, 0.3) is 0 Å². The van der Waals surface area contributed by atoms with Crippen molar-refractivity contribution in [3.8, 4) is 0 Å². The summed E-state index contributed by atoms with van der Waals surface area (Å²) in [7, 11) is 0. The number of rotatable bonds is 6. The first kappa shape index (κ1) is 20.3. The Morgan fingerprint density at radius 3 is 2.53 bits per heavy atom. The molecule has 0 saturated carbocycles. The zero-order valence-electron chi connectivity index (χ0n) is 16.4. The first-order valence-electron chi connectivity index (χ1n) is 9.26. The third-order valence-corrected chi connectivity index (χ3v) is 5.03. The fourth-order valence-electron chi connectivity index (χ4n) is 3.08. The van der Waals surface area contributed by atoms with Gasteiger partial charge >= 0.3 is 0 Å². The van der Waals surface area contributed by atoms with E-state index in [1.807, 2.05) is 48.9 Å². The first-order chi connectivity index (χ1) is 14.4. The number of benzene rings is 1. The Kier molecular flexibility index (Phi) is 5.65. The lowest BCUT2D eigenvalue weighted by atomic mass is 10.2. The Labute approximate surface area is 183 Å². The highest BCUT2D eigenvalue weighted by molar-refractivity contribution is 6.33. The summed E-state index contributed by atoms with van der Waals surface area (Å²) in [5, 5.41) is 12.4. The number of carbonyl (C=O) groups excluding carboxylic acids is 1. The highest BCUT2D eigenvalue weighted by Crippen LogP contribution is 2.22. The number of nitrogens with zero attached hydrogens (tertiary/aromatic N) is 4. The van der Waals surface area contributed by atoms with Crippen LogP contribution in [0.5, 0.6) is 0 Å². The first-order valence-corrected chi connectivity index (χ1v) is 10.0. The van der Waals surface area contributed by atoms with E-state index in [0.717, 1.165) is 17.0 Å². The van der Waals surface area contributed by atoms with E-state index in [2.05, 4.69) is 15.5 Å². The molecule has 9 heteroatoms. The summed E-state index contributed by atoms with van der Waals surface area (Å²) in [5.41, 5.74) is 2.96. The predicted octanol–water partition coefficient (Wildman–Crippen LogP) is 4.95. The van der Waals surface area contributed by atoms with Gasteiger partial charge < -0.3 is 9.73 Å². The summed E-state index contributed by atoms with van der Waals surface area (Å²) in [6, 6.07) is 12.8. The van der Waals surface area contributed by atoms with Crippen LogP contribution in [-0.2, 0) is 13.1 Å². The average Bonchev–Trinajstić information content (AvgIpc) is 3.38. The minimum absolute atomic E-state index is 0.176. The summed E-state index contributed by atoms with van der Waals surface area (Å²) < 4.78 is 9.15. The molecule has 1 aromatic carbocycles. The molecule has 4 rings (SSSR count). The molecular weight excluding hydrogens is 425 g/mol. The lowest BCUT2D eigenvalue weighted by Gasteiger charge is -2.03. The van der Waals surface area contributed by atoms with E-state index < -0.39 is 5.91 Å². The van der Waals surface area contributed by atoms with Crippen molar-refractivity contribution in [1.82, 2.24) is 19.6 Å². The van der Waals surface area contributed by atoms with Crippen molar-refractivity contribution in [1.29, 1.82) is 0 Å². The quantitative estimate of drug-likeness (QED) is 0.457. The monoisotopic (exact) mass is 443 g/mol. The van der Waals surface area contributed by atoms with Gasteiger partial charge in [0.1, 0.15) is 10.8 Å². The number of nitrogens with one attached hydrogen (secondary N) is 1. The van der Waals surface area contributed by atoms with E-state index in [-0.39, 0.29) is 11.6 Å². The van der Waals surface area contributed by atoms with E-state index in [1.165, 1.54) is 0 Å². The van der Waals surface area contributed by atoms with Crippen molar-refractivity contribution in [2.75, 3.05) is 5.32 Å².